The van der Waals surface area contributed by atoms with E-state index in [0.29, 0.717) is 5.56 Å². The molecule has 0 radical (unpaired) electrons. The summed E-state index contributed by atoms with van der Waals surface area (Å²) in [7, 11) is -4.02. The van der Waals surface area contributed by atoms with Crippen LogP contribution in [0.4, 0.5) is 0 Å². The van der Waals surface area contributed by atoms with Gasteiger partial charge in [0.2, 0.25) is 10.0 Å². The Bertz CT molecular complexity index is 598. The zero-order chi connectivity index (χ0) is 14.4. The highest BCUT2D eigenvalue weighted by Gasteiger charge is 2.40. The second kappa shape index (κ2) is 4.84. The van der Waals surface area contributed by atoms with Crippen LogP contribution in [0.25, 0.3) is 0 Å². The number of carboxylic acid groups (broad SMARTS) is 1. The largest absolute Gasteiger partial charge is 0.477 e. The van der Waals surface area contributed by atoms with Gasteiger partial charge in [0.05, 0.1) is 12.2 Å². The van der Waals surface area contributed by atoms with E-state index in [-0.39, 0.29) is 22.9 Å². The molecule has 1 fully saturated rings. The zero-order valence-corrected chi connectivity index (χ0v) is 11.6. The lowest BCUT2D eigenvalue weighted by Crippen LogP contribution is -2.31. The monoisotopic (exact) mass is 307 g/mol. The van der Waals surface area contributed by atoms with Crippen molar-refractivity contribution in [3.63, 3.8) is 0 Å². The van der Waals surface area contributed by atoms with Crippen LogP contribution in [0.5, 0.6) is 0 Å². The van der Waals surface area contributed by atoms with Gasteiger partial charge in [0.15, 0.2) is 0 Å². The SMILES string of the molecule is Cc1csc(C(=O)O)c1S(=O)(=O)N1CC(O)C(O)C1. The highest BCUT2D eigenvalue weighted by Crippen LogP contribution is 2.31. The molecule has 0 amide bonds. The maximum absolute atomic E-state index is 12.4. The summed E-state index contributed by atoms with van der Waals surface area (Å²) < 4.78 is 25.7. The van der Waals surface area contributed by atoms with Crippen molar-refractivity contribution in [1.82, 2.24) is 4.31 Å². The van der Waals surface area contributed by atoms with E-state index in [1.54, 1.807) is 0 Å². The molecular weight excluding hydrogens is 294 g/mol. The Morgan fingerprint density at radius 1 is 1.37 bits per heavy atom. The molecule has 1 saturated heterocycles. The van der Waals surface area contributed by atoms with Crippen LogP contribution in [0, 0.1) is 6.92 Å². The average Bonchev–Trinajstić information content (AvgIpc) is 2.84. The fourth-order valence-electron chi connectivity index (χ4n) is 1.96. The van der Waals surface area contributed by atoms with Gasteiger partial charge in [-0.2, -0.15) is 4.31 Å². The second-order valence-electron chi connectivity index (χ2n) is 4.34. The molecule has 1 aliphatic rings. The fourth-order valence-corrected chi connectivity index (χ4v) is 5.02. The van der Waals surface area contributed by atoms with Gasteiger partial charge in [-0.25, -0.2) is 13.2 Å². The van der Waals surface area contributed by atoms with Crippen molar-refractivity contribution in [2.24, 2.45) is 0 Å². The molecule has 2 unspecified atom stereocenters. The third kappa shape index (κ3) is 2.39. The normalized spacial score (nSPS) is 24.8. The third-order valence-electron chi connectivity index (χ3n) is 2.94. The molecule has 106 valence electrons. The van der Waals surface area contributed by atoms with Gasteiger partial charge < -0.3 is 15.3 Å². The van der Waals surface area contributed by atoms with Crippen molar-refractivity contribution in [2.45, 2.75) is 24.0 Å². The number of carboxylic acids is 1. The molecule has 0 saturated carbocycles. The predicted molar refractivity (Wildman–Crippen MR) is 66.8 cm³/mol. The van der Waals surface area contributed by atoms with Crippen LogP contribution >= 0.6 is 11.3 Å². The first-order valence-electron chi connectivity index (χ1n) is 5.42. The van der Waals surface area contributed by atoms with Gasteiger partial charge in [0.1, 0.15) is 9.77 Å². The van der Waals surface area contributed by atoms with Crippen LogP contribution in [-0.2, 0) is 10.0 Å². The molecule has 0 bridgehead atoms. The number of aryl methyl sites for hydroxylation is 1. The van der Waals surface area contributed by atoms with E-state index in [2.05, 4.69) is 0 Å². The maximum atomic E-state index is 12.4. The molecule has 0 spiro atoms. The lowest BCUT2D eigenvalue weighted by Gasteiger charge is -2.16. The number of thiophene rings is 1. The van der Waals surface area contributed by atoms with E-state index in [9.17, 15) is 23.4 Å². The minimum absolute atomic E-state index is 0.238. The number of aliphatic hydroxyl groups is 2. The van der Waals surface area contributed by atoms with Crippen molar-refractivity contribution in [2.75, 3.05) is 13.1 Å². The zero-order valence-electron chi connectivity index (χ0n) is 9.98. The Morgan fingerprint density at radius 3 is 2.37 bits per heavy atom. The number of sulfonamides is 1. The Kier molecular flexibility index (Phi) is 3.67. The first-order chi connectivity index (χ1) is 8.75. The number of aromatic carboxylic acids is 1. The molecule has 0 aromatic carbocycles. The smallest absolute Gasteiger partial charge is 0.347 e. The van der Waals surface area contributed by atoms with Gasteiger partial charge in [-0.3, -0.25) is 0 Å². The summed E-state index contributed by atoms with van der Waals surface area (Å²) in [6, 6.07) is 0. The summed E-state index contributed by atoms with van der Waals surface area (Å²) in [5.74, 6) is -1.31. The van der Waals surface area contributed by atoms with Crippen molar-refractivity contribution < 1.29 is 28.5 Å². The van der Waals surface area contributed by atoms with E-state index < -0.39 is 28.2 Å². The van der Waals surface area contributed by atoms with Crippen LogP contribution in [-0.4, -0.2) is 59.3 Å². The van der Waals surface area contributed by atoms with Crippen molar-refractivity contribution in [3.8, 4) is 0 Å². The molecular formula is C10H13NO6S2. The molecule has 0 aliphatic carbocycles. The van der Waals surface area contributed by atoms with Crippen molar-refractivity contribution in [3.05, 3.63) is 15.8 Å². The van der Waals surface area contributed by atoms with E-state index in [1.165, 1.54) is 12.3 Å². The highest BCUT2D eigenvalue weighted by molar-refractivity contribution is 7.89. The standard InChI is InChI=1S/C10H13NO6S2/c1-5-4-18-8(10(14)15)9(5)19(16,17)11-2-6(12)7(13)3-11/h4,6-7,12-13H,2-3H2,1H3,(H,14,15). The molecule has 19 heavy (non-hydrogen) atoms. The number of carbonyl (C=O) groups is 1. The summed E-state index contributed by atoms with van der Waals surface area (Å²) in [5, 5.41) is 29.3. The molecule has 9 heteroatoms. The number of hydrogen-bond acceptors (Lipinski definition) is 6. The van der Waals surface area contributed by atoms with Crippen molar-refractivity contribution in [1.29, 1.82) is 0 Å². The molecule has 1 aromatic rings. The van der Waals surface area contributed by atoms with Gasteiger partial charge >= 0.3 is 5.97 Å². The number of rotatable bonds is 3. The van der Waals surface area contributed by atoms with E-state index in [4.69, 9.17) is 5.11 Å². The van der Waals surface area contributed by atoms with E-state index in [0.717, 1.165) is 15.6 Å². The molecule has 7 nitrogen and oxygen atoms in total. The number of hydrogen-bond donors (Lipinski definition) is 3. The first kappa shape index (κ1) is 14.4. The summed E-state index contributed by atoms with van der Waals surface area (Å²) in [4.78, 5) is 10.5. The molecule has 2 rings (SSSR count). The predicted octanol–water partition coefficient (Wildman–Crippen LogP) is -0.519. The van der Waals surface area contributed by atoms with Crippen LogP contribution in [0.3, 0.4) is 0 Å². The number of aliphatic hydroxyl groups excluding tert-OH is 2. The van der Waals surface area contributed by atoms with Gasteiger partial charge in [0, 0.05) is 13.1 Å². The summed E-state index contributed by atoms with van der Waals surface area (Å²) in [5.41, 5.74) is 0.346. The molecule has 2 atom stereocenters. The summed E-state index contributed by atoms with van der Waals surface area (Å²) >= 11 is 0.841. The Balaban J connectivity index is 2.46. The lowest BCUT2D eigenvalue weighted by atomic mass is 10.3. The minimum atomic E-state index is -4.02. The number of nitrogens with zero attached hydrogens (tertiary/aromatic N) is 1. The average molecular weight is 307 g/mol. The first-order valence-corrected chi connectivity index (χ1v) is 7.74. The topological polar surface area (TPSA) is 115 Å². The number of β-amino-alcohol motifs (C(OH)–C–C–N with tert-alkyl or cyclic N) is 2. The van der Waals surface area contributed by atoms with E-state index >= 15 is 0 Å². The maximum Gasteiger partial charge on any atom is 0.347 e. The lowest BCUT2D eigenvalue weighted by molar-refractivity contribution is 0.0572. The van der Waals surface area contributed by atoms with Crippen molar-refractivity contribution >= 4 is 27.3 Å². The Labute approximate surface area is 113 Å². The Morgan fingerprint density at radius 2 is 1.89 bits per heavy atom. The fraction of sp³-hybridized carbons (Fsp3) is 0.500. The molecule has 1 aliphatic heterocycles. The summed E-state index contributed by atoms with van der Waals surface area (Å²) in [6.07, 6.45) is -2.30. The van der Waals surface area contributed by atoms with Gasteiger partial charge in [-0.05, 0) is 17.9 Å². The Hall–Kier alpha value is -1.00. The second-order valence-corrected chi connectivity index (χ2v) is 7.09. The van der Waals surface area contributed by atoms with Gasteiger partial charge in [0.25, 0.3) is 0 Å². The van der Waals surface area contributed by atoms with Gasteiger partial charge in [-0.1, -0.05) is 0 Å². The third-order valence-corrected chi connectivity index (χ3v) is 6.17. The summed E-state index contributed by atoms with van der Waals surface area (Å²) in [6.45, 7) is 1.04. The van der Waals surface area contributed by atoms with E-state index in [1.807, 2.05) is 0 Å². The van der Waals surface area contributed by atoms with Gasteiger partial charge in [-0.15, -0.1) is 11.3 Å². The molecule has 2 heterocycles. The molecule has 3 N–H and O–H groups in total. The van der Waals surface area contributed by atoms with Crippen LogP contribution in [0.2, 0.25) is 0 Å². The minimum Gasteiger partial charge on any atom is -0.477 e. The molecule has 1 aromatic heterocycles. The highest BCUT2D eigenvalue weighted by atomic mass is 32.2. The van der Waals surface area contributed by atoms with Crippen LogP contribution in [0.1, 0.15) is 15.2 Å². The van der Waals surface area contributed by atoms with Crippen LogP contribution < -0.4 is 0 Å². The quantitative estimate of drug-likeness (QED) is 0.692. The van der Waals surface area contributed by atoms with Crippen LogP contribution in [0.15, 0.2) is 10.3 Å².